The first-order chi connectivity index (χ1) is 12.0. The molecule has 0 radical (unpaired) electrons. The summed E-state index contributed by atoms with van der Waals surface area (Å²) in [5, 5.41) is 10.4. The van der Waals surface area contributed by atoms with Crippen LogP contribution in [0, 0.1) is 0 Å². The van der Waals surface area contributed by atoms with Crippen LogP contribution in [-0.2, 0) is 5.41 Å². The maximum absolute atomic E-state index is 10.4. The van der Waals surface area contributed by atoms with Gasteiger partial charge in [-0.05, 0) is 36.0 Å². The zero-order valence-electron chi connectivity index (χ0n) is 16.4. The SMILES string of the molecule is CCCCCCC(CC)c1ccccc1C(C)(C)c1ccccc1O. The Morgan fingerprint density at radius 2 is 1.48 bits per heavy atom. The molecule has 0 saturated heterocycles. The minimum absolute atomic E-state index is 0.210. The molecule has 0 heterocycles. The highest BCUT2D eigenvalue weighted by atomic mass is 16.3. The van der Waals surface area contributed by atoms with Crippen LogP contribution in [0.1, 0.15) is 88.8 Å². The van der Waals surface area contributed by atoms with Gasteiger partial charge in [0.25, 0.3) is 0 Å². The highest BCUT2D eigenvalue weighted by Crippen LogP contribution is 2.41. The van der Waals surface area contributed by atoms with Crippen molar-refractivity contribution in [2.75, 3.05) is 0 Å². The van der Waals surface area contributed by atoms with Crippen molar-refractivity contribution in [2.24, 2.45) is 0 Å². The van der Waals surface area contributed by atoms with Crippen molar-refractivity contribution in [3.63, 3.8) is 0 Å². The Morgan fingerprint density at radius 3 is 2.12 bits per heavy atom. The van der Waals surface area contributed by atoms with E-state index in [0.717, 1.165) is 5.56 Å². The van der Waals surface area contributed by atoms with Crippen molar-refractivity contribution in [3.05, 3.63) is 65.2 Å². The van der Waals surface area contributed by atoms with Crippen molar-refractivity contribution in [3.8, 4) is 5.75 Å². The monoisotopic (exact) mass is 338 g/mol. The number of phenols is 1. The summed E-state index contributed by atoms with van der Waals surface area (Å²) in [7, 11) is 0. The summed E-state index contributed by atoms with van der Waals surface area (Å²) in [5.41, 5.74) is 3.59. The Labute approximate surface area is 154 Å². The van der Waals surface area contributed by atoms with Crippen molar-refractivity contribution in [2.45, 2.75) is 77.6 Å². The normalized spacial score (nSPS) is 13.0. The van der Waals surface area contributed by atoms with Crippen LogP contribution in [0.3, 0.4) is 0 Å². The van der Waals surface area contributed by atoms with Gasteiger partial charge in [-0.1, -0.05) is 95.8 Å². The first-order valence-electron chi connectivity index (χ1n) is 9.90. The van der Waals surface area contributed by atoms with E-state index in [-0.39, 0.29) is 5.41 Å². The number of hydrogen-bond donors (Lipinski definition) is 1. The molecule has 0 bridgehead atoms. The van der Waals surface area contributed by atoms with Gasteiger partial charge in [0.05, 0.1) is 0 Å². The summed E-state index contributed by atoms with van der Waals surface area (Å²) >= 11 is 0. The van der Waals surface area contributed by atoms with Gasteiger partial charge in [0, 0.05) is 11.0 Å². The smallest absolute Gasteiger partial charge is 0.119 e. The predicted octanol–water partition coefficient (Wildman–Crippen LogP) is 7.18. The van der Waals surface area contributed by atoms with E-state index in [1.165, 1.54) is 49.7 Å². The van der Waals surface area contributed by atoms with Crippen LogP contribution in [0.2, 0.25) is 0 Å². The Bertz CT molecular complexity index is 657. The van der Waals surface area contributed by atoms with Crippen LogP contribution in [-0.4, -0.2) is 5.11 Å². The molecule has 0 spiro atoms. The molecule has 0 aromatic heterocycles. The second-order valence-corrected chi connectivity index (χ2v) is 7.68. The summed E-state index contributed by atoms with van der Waals surface area (Å²) in [4.78, 5) is 0. The lowest BCUT2D eigenvalue weighted by molar-refractivity contribution is 0.451. The number of rotatable bonds is 9. The molecule has 136 valence electrons. The maximum Gasteiger partial charge on any atom is 0.119 e. The average Bonchev–Trinajstić information content (AvgIpc) is 2.62. The van der Waals surface area contributed by atoms with E-state index < -0.39 is 0 Å². The molecule has 0 saturated carbocycles. The minimum atomic E-state index is -0.210. The molecule has 1 nitrogen and oxygen atoms in total. The molecular weight excluding hydrogens is 304 g/mol. The van der Waals surface area contributed by atoms with Gasteiger partial charge in [-0.15, -0.1) is 0 Å². The lowest BCUT2D eigenvalue weighted by Crippen LogP contribution is -2.22. The molecule has 1 unspecified atom stereocenters. The molecule has 1 N–H and O–H groups in total. The largest absolute Gasteiger partial charge is 0.508 e. The second kappa shape index (κ2) is 9.08. The zero-order valence-corrected chi connectivity index (χ0v) is 16.4. The van der Waals surface area contributed by atoms with Crippen molar-refractivity contribution in [1.82, 2.24) is 0 Å². The molecule has 0 amide bonds. The highest BCUT2D eigenvalue weighted by Gasteiger charge is 2.29. The molecule has 1 atom stereocenters. The maximum atomic E-state index is 10.4. The van der Waals surface area contributed by atoms with Gasteiger partial charge < -0.3 is 5.11 Å². The van der Waals surface area contributed by atoms with Crippen LogP contribution >= 0.6 is 0 Å². The second-order valence-electron chi connectivity index (χ2n) is 7.68. The number of aromatic hydroxyl groups is 1. The fourth-order valence-corrected chi connectivity index (χ4v) is 3.97. The van der Waals surface area contributed by atoms with Crippen LogP contribution in [0.15, 0.2) is 48.5 Å². The molecule has 0 aliphatic heterocycles. The van der Waals surface area contributed by atoms with Crippen LogP contribution < -0.4 is 0 Å². The standard InChI is InChI=1S/C24H34O/c1-5-7-8-9-14-19(6-2)20-15-10-11-16-21(20)24(3,4)22-17-12-13-18-23(22)25/h10-13,15-19,25H,5-9,14H2,1-4H3. The summed E-state index contributed by atoms with van der Waals surface area (Å²) in [6, 6.07) is 16.6. The van der Waals surface area contributed by atoms with Gasteiger partial charge in [-0.2, -0.15) is 0 Å². The topological polar surface area (TPSA) is 20.2 Å². The van der Waals surface area contributed by atoms with Gasteiger partial charge in [0.1, 0.15) is 5.75 Å². The highest BCUT2D eigenvalue weighted by molar-refractivity contribution is 5.48. The van der Waals surface area contributed by atoms with Crippen molar-refractivity contribution in [1.29, 1.82) is 0 Å². The number of unbranched alkanes of at least 4 members (excludes halogenated alkanes) is 3. The molecular formula is C24H34O. The summed E-state index contributed by atoms with van der Waals surface area (Å²) in [6.45, 7) is 9.02. The lowest BCUT2D eigenvalue weighted by atomic mass is 9.72. The summed E-state index contributed by atoms with van der Waals surface area (Å²) in [5.74, 6) is 0.983. The third-order valence-corrected chi connectivity index (χ3v) is 5.55. The van der Waals surface area contributed by atoms with E-state index in [2.05, 4.69) is 52.0 Å². The number of phenolic OH excluding ortho intramolecular Hbond substituents is 1. The van der Waals surface area contributed by atoms with Gasteiger partial charge in [-0.25, -0.2) is 0 Å². The van der Waals surface area contributed by atoms with E-state index in [1.807, 2.05) is 18.2 Å². The Balaban J connectivity index is 2.34. The van der Waals surface area contributed by atoms with E-state index in [1.54, 1.807) is 6.07 Å². The Morgan fingerprint density at radius 1 is 0.840 bits per heavy atom. The Kier molecular flexibility index (Phi) is 7.11. The zero-order chi connectivity index (χ0) is 18.3. The van der Waals surface area contributed by atoms with Gasteiger partial charge in [0.2, 0.25) is 0 Å². The van der Waals surface area contributed by atoms with Gasteiger partial charge in [0.15, 0.2) is 0 Å². The molecule has 1 heteroatoms. The van der Waals surface area contributed by atoms with Crippen molar-refractivity contribution < 1.29 is 5.11 Å². The molecule has 2 rings (SSSR count). The number of para-hydroxylation sites is 1. The lowest BCUT2D eigenvalue weighted by Gasteiger charge is -2.31. The van der Waals surface area contributed by atoms with Gasteiger partial charge >= 0.3 is 0 Å². The molecule has 0 aliphatic rings. The molecule has 0 aliphatic carbocycles. The first-order valence-corrected chi connectivity index (χ1v) is 9.90. The average molecular weight is 339 g/mol. The first kappa shape index (κ1) is 19.6. The predicted molar refractivity (Wildman–Crippen MR) is 108 cm³/mol. The fraction of sp³-hybridized carbons (Fsp3) is 0.500. The van der Waals surface area contributed by atoms with Gasteiger partial charge in [-0.3, -0.25) is 0 Å². The van der Waals surface area contributed by atoms with Crippen LogP contribution in [0.5, 0.6) is 5.75 Å². The van der Waals surface area contributed by atoms with Crippen LogP contribution in [0.4, 0.5) is 0 Å². The summed E-state index contributed by atoms with van der Waals surface area (Å²) in [6.07, 6.45) is 7.68. The van der Waals surface area contributed by atoms with Crippen molar-refractivity contribution >= 4 is 0 Å². The third-order valence-electron chi connectivity index (χ3n) is 5.55. The molecule has 2 aromatic rings. The van der Waals surface area contributed by atoms with E-state index >= 15 is 0 Å². The fourth-order valence-electron chi connectivity index (χ4n) is 3.97. The van der Waals surface area contributed by atoms with E-state index in [4.69, 9.17) is 0 Å². The minimum Gasteiger partial charge on any atom is -0.508 e. The quantitative estimate of drug-likeness (QED) is 0.480. The number of hydrogen-bond acceptors (Lipinski definition) is 1. The van der Waals surface area contributed by atoms with Crippen LogP contribution in [0.25, 0.3) is 0 Å². The Hall–Kier alpha value is -1.76. The number of benzene rings is 2. The van der Waals surface area contributed by atoms with E-state index in [9.17, 15) is 5.11 Å². The third kappa shape index (κ3) is 4.66. The molecule has 25 heavy (non-hydrogen) atoms. The van der Waals surface area contributed by atoms with E-state index in [0.29, 0.717) is 11.7 Å². The molecule has 2 aromatic carbocycles. The molecule has 0 fully saturated rings. The summed E-state index contributed by atoms with van der Waals surface area (Å²) < 4.78 is 0.